The second-order valence-electron chi connectivity index (χ2n) is 2.07. The second-order valence-corrected chi connectivity index (χ2v) is 3.92. The summed E-state index contributed by atoms with van der Waals surface area (Å²) >= 11 is 4.76. The summed E-state index contributed by atoms with van der Waals surface area (Å²) in [6.45, 7) is 2.84. The van der Waals surface area contributed by atoms with E-state index in [4.69, 9.17) is 5.41 Å². The molecule has 62 valence electrons. The Morgan fingerprint density at radius 3 is 2.91 bits per heavy atom. The SMILES string of the molecule is CCc1nn(CCBr)c(=N)s1. The molecule has 0 aliphatic carbocycles. The van der Waals surface area contributed by atoms with Crippen molar-refractivity contribution in [2.75, 3.05) is 5.33 Å². The van der Waals surface area contributed by atoms with E-state index in [1.807, 2.05) is 0 Å². The number of hydrogen-bond acceptors (Lipinski definition) is 3. The Labute approximate surface area is 77.7 Å². The van der Waals surface area contributed by atoms with E-state index in [0.717, 1.165) is 23.3 Å². The fourth-order valence-electron chi connectivity index (χ4n) is 0.739. The Kier molecular flexibility index (Phi) is 3.26. The lowest BCUT2D eigenvalue weighted by atomic mass is 10.5. The lowest BCUT2D eigenvalue weighted by Crippen LogP contribution is -2.15. The molecule has 0 atom stereocenters. The van der Waals surface area contributed by atoms with Crippen LogP contribution in [0.4, 0.5) is 0 Å². The normalized spacial score (nSPS) is 10.4. The Hall–Kier alpha value is -0.160. The standard InChI is InChI=1S/C6H10BrN3S/c1-2-5-9-10(4-3-7)6(8)11-5/h8H,2-4H2,1H3. The highest BCUT2D eigenvalue weighted by Gasteiger charge is 1.99. The molecule has 0 fully saturated rings. The first-order valence-corrected chi connectivity index (χ1v) is 5.39. The Balaban J connectivity index is 2.88. The fourth-order valence-corrected chi connectivity index (χ4v) is 1.82. The van der Waals surface area contributed by atoms with Crippen LogP contribution in [0, 0.1) is 5.41 Å². The molecular weight excluding hydrogens is 226 g/mol. The third-order valence-corrected chi connectivity index (χ3v) is 2.64. The van der Waals surface area contributed by atoms with E-state index in [2.05, 4.69) is 28.0 Å². The summed E-state index contributed by atoms with van der Waals surface area (Å²) in [5, 5.41) is 13.6. The van der Waals surface area contributed by atoms with Gasteiger partial charge in [-0.05, 0) is 6.42 Å². The van der Waals surface area contributed by atoms with Crippen molar-refractivity contribution in [3.63, 3.8) is 0 Å². The number of aryl methyl sites for hydroxylation is 2. The maximum atomic E-state index is 7.50. The summed E-state index contributed by atoms with van der Waals surface area (Å²) in [5.74, 6) is 0. The summed E-state index contributed by atoms with van der Waals surface area (Å²) in [5.41, 5.74) is 0. The highest BCUT2D eigenvalue weighted by Crippen LogP contribution is 1.98. The smallest absolute Gasteiger partial charge is 0.200 e. The van der Waals surface area contributed by atoms with Crippen LogP contribution in [0.15, 0.2) is 0 Å². The van der Waals surface area contributed by atoms with Crippen molar-refractivity contribution >= 4 is 27.3 Å². The van der Waals surface area contributed by atoms with Crippen LogP contribution in [0.5, 0.6) is 0 Å². The highest BCUT2D eigenvalue weighted by atomic mass is 79.9. The van der Waals surface area contributed by atoms with E-state index in [9.17, 15) is 0 Å². The molecule has 0 spiro atoms. The lowest BCUT2D eigenvalue weighted by Gasteiger charge is -1.92. The van der Waals surface area contributed by atoms with Gasteiger partial charge >= 0.3 is 0 Å². The molecule has 0 unspecified atom stereocenters. The van der Waals surface area contributed by atoms with Crippen molar-refractivity contribution in [3.8, 4) is 0 Å². The maximum absolute atomic E-state index is 7.50. The molecule has 0 aliphatic rings. The molecule has 0 radical (unpaired) electrons. The molecule has 0 bridgehead atoms. The van der Waals surface area contributed by atoms with E-state index < -0.39 is 0 Å². The van der Waals surface area contributed by atoms with Crippen molar-refractivity contribution < 1.29 is 0 Å². The second kappa shape index (κ2) is 4.01. The minimum atomic E-state index is 0.543. The first-order chi connectivity index (χ1) is 5.27. The number of alkyl halides is 1. The van der Waals surface area contributed by atoms with Crippen molar-refractivity contribution in [2.45, 2.75) is 19.9 Å². The van der Waals surface area contributed by atoms with Crippen LogP contribution in [-0.2, 0) is 13.0 Å². The van der Waals surface area contributed by atoms with Crippen LogP contribution < -0.4 is 4.80 Å². The molecule has 0 aromatic carbocycles. The highest BCUT2D eigenvalue weighted by molar-refractivity contribution is 9.09. The molecule has 0 amide bonds. The molecule has 5 heteroatoms. The average molecular weight is 236 g/mol. The van der Waals surface area contributed by atoms with Gasteiger partial charge in [-0.15, -0.1) is 0 Å². The zero-order chi connectivity index (χ0) is 8.27. The third kappa shape index (κ3) is 2.13. The Morgan fingerprint density at radius 2 is 2.45 bits per heavy atom. The summed E-state index contributed by atoms with van der Waals surface area (Å²) in [6.07, 6.45) is 0.922. The Morgan fingerprint density at radius 1 is 1.73 bits per heavy atom. The van der Waals surface area contributed by atoms with Crippen LogP contribution in [0.25, 0.3) is 0 Å². The fraction of sp³-hybridized carbons (Fsp3) is 0.667. The molecule has 0 saturated heterocycles. The van der Waals surface area contributed by atoms with Gasteiger partial charge in [0.2, 0.25) is 0 Å². The predicted molar refractivity (Wildman–Crippen MR) is 49.1 cm³/mol. The molecular formula is C6H10BrN3S. The predicted octanol–water partition coefficient (Wildman–Crippen LogP) is 1.38. The van der Waals surface area contributed by atoms with Crippen molar-refractivity contribution in [1.29, 1.82) is 5.41 Å². The average Bonchev–Trinajstić information content (AvgIpc) is 2.33. The van der Waals surface area contributed by atoms with Crippen LogP contribution >= 0.6 is 27.3 Å². The summed E-state index contributed by atoms with van der Waals surface area (Å²) in [4.78, 5) is 0.543. The van der Waals surface area contributed by atoms with E-state index in [1.54, 1.807) is 4.68 Å². The van der Waals surface area contributed by atoms with E-state index >= 15 is 0 Å². The molecule has 1 aromatic rings. The van der Waals surface area contributed by atoms with Gasteiger partial charge in [0, 0.05) is 5.33 Å². The maximum Gasteiger partial charge on any atom is 0.200 e. The summed E-state index contributed by atoms with van der Waals surface area (Å²) in [6, 6.07) is 0. The van der Waals surface area contributed by atoms with E-state index in [1.165, 1.54) is 11.3 Å². The van der Waals surface area contributed by atoms with Gasteiger partial charge in [-0.1, -0.05) is 34.2 Å². The number of nitrogens with zero attached hydrogens (tertiary/aromatic N) is 2. The molecule has 1 rings (SSSR count). The van der Waals surface area contributed by atoms with Gasteiger partial charge in [0.1, 0.15) is 5.01 Å². The number of hydrogen-bond donors (Lipinski definition) is 1. The van der Waals surface area contributed by atoms with Gasteiger partial charge in [0.15, 0.2) is 4.80 Å². The van der Waals surface area contributed by atoms with Crippen molar-refractivity contribution in [1.82, 2.24) is 9.78 Å². The quantitative estimate of drug-likeness (QED) is 0.791. The zero-order valence-electron chi connectivity index (χ0n) is 6.30. The number of nitrogens with one attached hydrogen (secondary N) is 1. The first-order valence-electron chi connectivity index (χ1n) is 3.45. The molecule has 0 saturated carbocycles. The van der Waals surface area contributed by atoms with Gasteiger partial charge in [-0.3, -0.25) is 5.41 Å². The van der Waals surface area contributed by atoms with Crippen LogP contribution in [0.2, 0.25) is 0 Å². The molecule has 1 N–H and O–H groups in total. The molecule has 11 heavy (non-hydrogen) atoms. The molecule has 3 nitrogen and oxygen atoms in total. The van der Waals surface area contributed by atoms with Crippen LogP contribution in [-0.4, -0.2) is 15.1 Å². The van der Waals surface area contributed by atoms with Crippen molar-refractivity contribution in [2.24, 2.45) is 0 Å². The molecule has 1 aromatic heterocycles. The van der Waals surface area contributed by atoms with Gasteiger partial charge in [0.25, 0.3) is 0 Å². The zero-order valence-corrected chi connectivity index (χ0v) is 8.70. The lowest BCUT2D eigenvalue weighted by molar-refractivity contribution is 0.623. The molecule has 0 aliphatic heterocycles. The third-order valence-electron chi connectivity index (χ3n) is 1.28. The summed E-state index contributed by atoms with van der Waals surface area (Å²) in [7, 11) is 0. The van der Waals surface area contributed by atoms with Crippen molar-refractivity contribution in [3.05, 3.63) is 9.81 Å². The van der Waals surface area contributed by atoms with Gasteiger partial charge in [-0.2, -0.15) is 5.10 Å². The van der Waals surface area contributed by atoms with Crippen LogP contribution in [0.1, 0.15) is 11.9 Å². The first kappa shape index (κ1) is 8.93. The molecule has 1 heterocycles. The minimum Gasteiger partial charge on any atom is -0.274 e. The monoisotopic (exact) mass is 235 g/mol. The topological polar surface area (TPSA) is 41.7 Å². The van der Waals surface area contributed by atoms with E-state index in [0.29, 0.717) is 4.80 Å². The summed E-state index contributed by atoms with van der Waals surface area (Å²) < 4.78 is 1.72. The van der Waals surface area contributed by atoms with Crippen LogP contribution in [0.3, 0.4) is 0 Å². The van der Waals surface area contributed by atoms with Gasteiger partial charge in [0.05, 0.1) is 6.54 Å². The number of rotatable bonds is 3. The van der Waals surface area contributed by atoms with E-state index in [-0.39, 0.29) is 0 Å². The van der Waals surface area contributed by atoms with Gasteiger partial charge in [-0.25, -0.2) is 4.68 Å². The number of halogens is 1. The number of aromatic nitrogens is 2. The Bertz CT molecular complexity index is 278. The minimum absolute atomic E-state index is 0.543. The van der Waals surface area contributed by atoms with Gasteiger partial charge < -0.3 is 0 Å². The largest absolute Gasteiger partial charge is 0.274 e.